The van der Waals surface area contributed by atoms with Gasteiger partial charge in [0.2, 0.25) is 0 Å². The van der Waals surface area contributed by atoms with Gasteiger partial charge in [-0.25, -0.2) is 0 Å². The molecule has 0 aliphatic heterocycles. The zero-order valence-corrected chi connectivity index (χ0v) is 8.53. The van der Waals surface area contributed by atoms with Crippen LogP contribution in [0.2, 0.25) is 0 Å². The Labute approximate surface area is 91.7 Å². The van der Waals surface area contributed by atoms with Gasteiger partial charge in [-0.05, 0) is 18.2 Å². The summed E-state index contributed by atoms with van der Waals surface area (Å²) in [4.78, 5) is 13.4. The molecule has 1 aromatic carbocycles. The van der Waals surface area contributed by atoms with Crippen LogP contribution in [0.1, 0.15) is 6.42 Å². The van der Waals surface area contributed by atoms with E-state index in [4.69, 9.17) is 5.11 Å². The number of aromatic amines is 1. The van der Waals surface area contributed by atoms with E-state index >= 15 is 0 Å². The number of benzene rings is 1. The van der Waals surface area contributed by atoms with Crippen LogP contribution in [0.4, 0.5) is 5.69 Å². The maximum absolute atomic E-state index is 10.4. The van der Waals surface area contributed by atoms with Crippen molar-refractivity contribution in [2.45, 2.75) is 6.42 Å². The summed E-state index contributed by atoms with van der Waals surface area (Å²) < 4.78 is 0. The van der Waals surface area contributed by atoms with Gasteiger partial charge in [0.25, 0.3) is 0 Å². The van der Waals surface area contributed by atoms with Crippen molar-refractivity contribution in [2.75, 3.05) is 11.9 Å². The lowest BCUT2D eigenvalue weighted by Gasteiger charge is -2.02. The molecule has 84 valence electrons. The third-order valence-corrected chi connectivity index (χ3v) is 2.32. The minimum absolute atomic E-state index is 0.0610. The van der Waals surface area contributed by atoms with Crippen molar-refractivity contribution in [1.29, 1.82) is 0 Å². The normalized spacial score (nSPS) is 10.5. The first-order valence-corrected chi connectivity index (χ1v) is 4.92. The number of aromatic hydroxyl groups is 1. The van der Waals surface area contributed by atoms with Crippen LogP contribution in [0, 0.1) is 0 Å². The first-order chi connectivity index (χ1) is 7.66. The van der Waals surface area contributed by atoms with Crippen molar-refractivity contribution in [1.82, 2.24) is 4.98 Å². The lowest BCUT2D eigenvalue weighted by molar-refractivity contribution is -0.136. The zero-order chi connectivity index (χ0) is 11.5. The monoisotopic (exact) mass is 220 g/mol. The molecule has 0 amide bonds. The molecule has 0 unspecified atom stereocenters. The SMILES string of the molecule is O=C(O)CCNc1c[nH]c2ccc(O)cc12. The number of rotatable bonds is 4. The molecule has 2 aromatic rings. The molecule has 0 fully saturated rings. The number of carboxylic acids is 1. The number of H-pyrrole nitrogens is 1. The summed E-state index contributed by atoms with van der Waals surface area (Å²) in [5.74, 6) is -0.649. The fraction of sp³-hybridized carbons (Fsp3) is 0.182. The highest BCUT2D eigenvalue weighted by atomic mass is 16.4. The molecule has 5 nitrogen and oxygen atoms in total. The van der Waals surface area contributed by atoms with E-state index in [9.17, 15) is 9.90 Å². The molecule has 0 atom stereocenters. The molecule has 0 aliphatic carbocycles. The van der Waals surface area contributed by atoms with Crippen LogP contribution >= 0.6 is 0 Å². The van der Waals surface area contributed by atoms with Crippen LogP contribution in [0.15, 0.2) is 24.4 Å². The molecule has 1 aromatic heterocycles. The van der Waals surface area contributed by atoms with Crippen molar-refractivity contribution < 1.29 is 15.0 Å². The highest BCUT2D eigenvalue weighted by Crippen LogP contribution is 2.26. The van der Waals surface area contributed by atoms with E-state index in [-0.39, 0.29) is 12.2 Å². The summed E-state index contributed by atoms with van der Waals surface area (Å²) in [6.45, 7) is 0.359. The number of hydrogen-bond acceptors (Lipinski definition) is 3. The number of phenolic OH excluding ortho intramolecular Hbond substituents is 1. The summed E-state index contributed by atoms with van der Waals surface area (Å²) in [6.07, 6.45) is 1.82. The van der Waals surface area contributed by atoms with E-state index in [2.05, 4.69) is 10.3 Å². The Morgan fingerprint density at radius 2 is 2.25 bits per heavy atom. The highest BCUT2D eigenvalue weighted by molar-refractivity contribution is 5.93. The number of aliphatic carboxylic acids is 1. The van der Waals surface area contributed by atoms with Crippen molar-refractivity contribution >= 4 is 22.6 Å². The predicted octanol–water partition coefficient (Wildman–Crippen LogP) is 1.76. The second kappa shape index (κ2) is 4.14. The van der Waals surface area contributed by atoms with E-state index < -0.39 is 5.97 Å². The number of phenols is 1. The quantitative estimate of drug-likeness (QED) is 0.632. The lowest BCUT2D eigenvalue weighted by atomic mass is 10.2. The number of carbonyl (C=O) groups is 1. The number of fused-ring (bicyclic) bond motifs is 1. The van der Waals surface area contributed by atoms with Crippen LogP contribution in [0.5, 0.6) is 5.75 Å². The third kappa shape index (κ3) is 2.08. The number of nitrogens with one attached hydrogen (secondary N) is 2. The molecule has 0 aliphatic rings. The van der Waals surface area contributed by atoms with E-state index in [0.29, 0.717) is 6.54 Å². The van der Waals surface area contributed by atoms with Crippen LogP contribution in [-0.4, -0.2) is 27.7 Å². The standard InChI is InChI=1S/C11H12N2O3/c14-7-1-2-9-8(5-7)10(6-13-9)12-4-3-11(15)16/h1-2,5-6,12-14H,3-4H2,(H,15,16). The Morgan fingerprint density at radius 1 is 1.44 bits per heavy atom. The Hall–Kier alpha value is -2.17. The molecule has 0 spiro atoms. The van der Waals surface area contributed by atoms with Gasteiger partial charge in [0.05, 0.1) is 12.1 Å². The van der Waals surface area contributed by atoms with E-state index in [1.807, 2.05) is 0 Å². The van der Waals surface area contributed by atoms with Gasteiger partial charge in [0.15, 0.2) is 0 Å². The predicted molar refractivity (Wildman–Crippen MR) is 60.7 cm³/mol. The van der Waals surface area contributed by atoms with Crippen molar-refractivity contribution in [3.05, 3.63) is 24.4 Å². The second-order valence-corrected chi connectivity index (χ2v) is 3.50. The van der Waals surface area contributed by atoms with Gasteiger partial charge >= 0.3 is 5.97 Å². The fourth-order valence-electron chi connectivity index (χ4n) is 1.56. The molecule has 0 radical (unpaired) electrons. The summed E-state index contributed by atoms with van der Waals surface area (Å²) in [5, 5.41) is 21.7. The topological polar surface area (TPSA) is 85.4 Å². The first kappa shape index (κ1) is 10.4. The Balaban J connectivity index is 2.17. The van der Waals surface area contributed by atoms with Crippen LogP contribution < -0.4 is 5.32 Å². The van der Waals surface area contributed by atoms with E-state index in [0.717, 1.165) is 16.6 Å². The van der Waals surface area contributed by atoms with Gasteiger partial charge in [-0.2, -0.15) is 0 Å². The average molecular weight is 220 g/mol. The largest absolute Gasteiger partial charge is 0.508 e. The smallest absolute Gasteiger partial charge is 0.305 e. The molecule has 0 saturated heterocycles. The molecule has 0 bridgehead atoms. The molecule has 0 saturated carbocycles. The minimum atomic E-state index is -0.838. The average Bonchev–Trinajstić information content (AvgIpc) is 2.60. The van der Waals surface area contributed by atoms with Crippen LogP contribution in [0.3, 0.4) is 0 Å². The molecular weight excluding hydrogens is 208 g/mol. The van der Waals surface area contributed by atoms with Gasteiger partial charge in [0.1, 0.15) is 5.75 Å². The molecule has 16 heavy (non-hydrogen) atoms. The second-order valence-electron chi connectivity index (χ2n) is 3.50. The number of aromatic nitrogens is 1. The van der Waals surface area contributed by atoms with Crippen LogP contribution in [0.25, 0.3) is 10.9 Å². The summed E-state index contributed by atoms with van der Waals surface area (Å²) in [6, 6.07) is 5.00. The Kier molecular flexibility index (Phi) is 2.68. The molecular formula is C11H12N2O3. The van der Waals surface area contributed by atoms with Crippen molar-refractivity contribution in [3.8, 4) is 5.75 Å². The first-order valence-electron chi connectivity index (χ1n) is 4.92. The van der Waals surface area contributed by atoms with Crippen LogP contribution in [-0.2, 0) is 4.79 Å². The number of hydrogen-bond donors (Lipinski definition) is 4. The molecule has 4 N–H and O–H groups in total. The fourth-order valence-corrected chi connectivity index (χ4v) is 1.56. The molecule has 5 heteroatoms. The summed E-state index contributed by atoms with van der Waals surface area (Å²) >= 11 is 0. The Morgan fingerprint density at radius 3 is 3.00 bits per heavy atom. The maximum Gasteiger partial charge on any atom is 0.305 e. The summed E-state index contributed by atoms with van der Waals surface area (Å²) in [5.41, 5.74) is 1.70. The number of carboxylic acid groups (broad SMARTS) is 1. The Bertz CT molecular complexity index is 519. The number of anilines is 1. The van der Waals surface area contributed by atoms with E-state index in [1.165, 1.54) is 0 Å². The lowest BCUT2D eigenvalue weighted by Crippen LogP contribution is -2.06. The van der Waals surface area contributed by atoms with Gasteiger partial charge in [-0.1, -0.05) is 0 Å². The van der Waals surface area contributed by atoms with E-state index in [1.54, 1.807) is 24.4 Å². The van der Waals surface area contributed by atoms with Gasteiger partial charge in [-0.3, -0.25) is 4.79 Å². The molecule has 1 heterocycles. The van der Waals surface area contributed by atoms with Gasteiger partial charge in [-0.15, -0.1) is 0 Å². The van der Waals surface area contributed by atoms with Crippen molar-refractivity contribution in [2.24, 2.45) is 0 Å². The third-order valence-electron chi connectivity index (χ3n) is 2.32. The highest BCUT2D eigenvalue weighted by Gasteiger charge is 2.04. The zero-order valence-electron chi connectivity index (χ0n) is 8.53. The molecule has 2 rings (SSSR count). The maximum atomic E-state index is 10.4. The minimum Gasteiger partial charge on any atom is -0.508 e. The van der Waals surface area contributed by atoms with Gasteiger partial charge < -0.3 is 20.5 Å². The van der Waals surface area contributed by atoms with Crippen molar-refractivity contribution in [3.63, 3.8) is 0 Å². The van der Waals surface area contributed by atoms with Gasteiger partial charge in [0, 0.05) is 23.6 Å². The summed E-state index contributed by atoms with van der Waals surface area (Å²) in [7, 11) is 0.